The van der Waals surface area contributed by atoms with Crippen molar-refractivity contribution in [2.75, 3.05) is 46.9 Å². The van der Waals surface area contributed by atoms with Gasteiger partial charge in [-0.2, -0.15) is 0 Å². The minimum atomic E-state index is 0. The van der Waals surface area contributed by atoms with Gasteiger partial charge in [0.2, 0.25) is 0 Å². The maximum atomic E-state index is 5.66. The summed E-state index contributed by atoms with van der Waals surface area (Å²) in [6, 6.07) is 8.62. The topological polar surface area (TPSA) is 40.1 Å². The first kappa shape index (κ1) is 21.4. The fourth-order valence-corrected chi connectivity index (χ4v) is 3.88. The van der Waals surface area contributed by atoms with Crippen LogP contribution in [-0.4, -0.2) is 62.7 Å². The van der Waals surface area contributed by atoms with E-state index in [0.29, 0.717) is 5.41 Å². The molecule has 2 aliphatic rings. The van der Waals surface area contributed by atoms with Crippen molar-refractivity contribution in [2.45, 2.75) is 32.9 Å². The summed E-state index contributed by atoms with van der Waals surface area (Å²) in [6.45, 7) is 8.69. The van der Waals surface area contributed by atoms with Gasteiger partial charge in [0.25, 0.3) is 0 Å². The van der Waals surface area contributed by atoms with E-state index >= 15 is 0 Å². The number of likely N-dealkylation sites (tertiary alicyclic amines) is 1. The summed E-state index contributed by atoms with van der Waals surface area (Å²) in [5.41, 5.74) is 3.03. The lowest BCUT2D eigenvalue weighted by molar-refractivity contribution is 0.156. The van der Waals surface area contributed by atoms with Crippen LogP contribution in [0.15, 0.2) is 29.3 Å². The molecule has 0 aromatic heterocycles. The molecule has 2 fully saturated rings. The number of nitrogens with zero attached hydrogens (tertiary/aromatic N) is 3. The summed E-state index contributed by atoms with van der Waals surface area (Å²) in [5, 5.41) is 3.49. The standard InChI is InChI=1S/C20H32N4O.HI/c1-4-21-19(24-11-9-20(15-24)10-12-25-16-20)22-13-17-7-5-6-8-18(17)14-23(2)3;/h5-8H,4,9-16H2,1-3H3,(H,21,22);1H. The van der Waals surface area contributed by atoms with Crippen molar-refractivity contribution in [1.82, 2.24) is 15.1 Å². The highest BCUT2D eigenvalue weighted by molar-refractivity contribution is 14.0. The van der Waals surface area contributed by atoms with Crippen molar-refractivity contribution in [2.24, 2.45) is 10.4 Å². The first-order valence-corrected chi connectivity index (χ1v) is 9.44. The minimum absolute atomic E-state index is 0. The van der Waals surface area contributed by atoms with Gasteiger partial charge in [0.05, 0.1) is 13.2 Å². The Hall–Kier alpha value is -0.860. The summed E-state index contributed by atoms with van der Waals surface area (Å²) in [4.78, 5) is 9.59. The van der Waals surface area contributed by atoms with Gasteiger partial charge in [-0.25, -0.2) is 4.99 Å². The van der Waals surface area contributed by atoms with Crippen molar-refractivity contribution in [3.63, 3.8) is 0 Å². The molecule has 0 saturated carbocycles. The Kier molecular flexibility index (Phi) is 8.16. The number of rotatable bonds is 5. The third-order valence-electron chi connectivity index (χ3n) is 5.26. The van der Waals surface area contributed by atoms with Crippen molar-refractivity contribution in [1.29, 1.82) is 0 Å². The largest absolute Gasteiger partial charge is 0.381 e. The zero-order valence-electron chi connectivity index (χ0n) is 16.3. The molecule has 2 saturated heterocycles. The van der Waals surface area contributed by atoms with Crippen molar-refractivity contribution in [3.05, 3.63) is 35.4 Å². The molecule has 1 unspecified atom stereocenters. The van der Waals surface area contributed by atoms with Gasteiger partial charge in [-0.05, 0) is 45.0 Å². The SMILES string of the molecule is CCNC(=NCc1ccccc1CN(C)C)N1CCC2(CCOC2)C1.I. The molecule has 1 atom stereocenters. The molecule has 0 radical (unpaired) electrons. The van der Waals surface area contributed by atoms with Crippen molar-refractivity contribution < 1.29 is 4.74 Å². The predicted molar refractivity (Wildman–Crippen MR) is 118 cm³/mol. The van der Waals surface area contributed by atoms with Gasteiger partial charge in [0.1, 0.15) is 0 Å². The maximum absolute atomic E-state index is 5.66. The highest BCUT2D eigenvalue weighted by Gasteiger charge is 2.42. The van der Waals surface area contributed by atoms with E-state index in [-0.39, 0.29) is 24.0 Å². The van der Waals surface area contributed by atoms with E-state index in [1.807, 2.05) is 0 Å². The smallest absolute Gasteiger partial charge is 0.194 e. The second kappa shape index (κ2) is 9.90. The van der Waals surface area contributed by atoms with Gasteiger partial charge in [0, 0.05) is 38.2 Å². The molecule has 1 aromatic carbocycles. The average molecular weight is 472 g/mol. The van der Waals surface area contributed by atoms with Crippen LogP contribution in [0.1, 0.15) is 30.9 Å². The van der Waals surface area contributed by atoms with E-state index in [2.05, 4.69) is 60.4 Å². The summed E-state index contributed by atoms with van der Waals surface area (Å²) >= 11 is 0. The molecule has 5 nitrogen and oxygen atoms in total. The number of hydrogen-bond acceptors (Lipinski definition) is 3. The molecule has 1 N–H and O–H groups in total. The third kappa shape index (κ3) is 5.33. The molecule has 26 heavy (non-hydrogen) atoms. The number of aliphatic imine (C=N–C) groups is 1. The lowest BCUT2D eigenvalue weighted by atomic mass is 9.87. The number of nitrogens with one attached hydrogen (secondary N) is 1. The molecule has 0 amide bonds. The van der Waals surface area contributed by atoms with Crippen LogP contribution < -0.4 is 5.32 Å². The Labute approximate surface area is 175 Å². The predicted octanol–water partition coefficient (Wildman–Crippen LogP) is 2.94. The summed E-state index contributed by atoms with van der Waals surface area (Å²) in [6.07, 6.45) is 2.41. The average Bonchev–Trinajstić information content (AvgIpc) is 3.22. The van der Waals surface area contributed by atoms with Gasteiger partial charge in [-0.1, -0.05) is 24.3 Å². The number of ether oxygens (including phenoxy) is 1. The number of hydrogen-bond donors (Lipinski definition) is 1. The van der Waals surface area contributed by atoms with Crippen LogP contribution in [0.2, 0.25) is 0 Å². The van der Waals surface area contributed by atoms with Crippen LogP contribution in [0, 0.1) is 5.41 Å². The lowest BCUT2D eigenvalue weighted by Crippen LogP contribution is -2.41. The van der Waals surface area contributed by atoms with Gasteiger partial charge in [0.15, 0.2) is 5.96 Å². The molecule has 1 aromatic rings. The van der Waals surface area contributed by atoms with Crippen LogP contribution in [0.5, 0.6) is 0 Å². The number of benzene rings is 1. The number of halogens is 1. The summed E-state index contributed by atoms with van der Waals surface area (Å²) in [7, 11) is 4.22. The molecule has 146 valence electrons. The molecule has 2 heterocycles. The Morgan fingerprint density at radius 1 is 1.27 bits per heavy atom. The molecule has 0 bridgehead atoms. The normalized spacial score (nSPS) is 22.9. The second-order valence-electron chi connectivity index (χ2n) is 7.65. The number of guanidine groups is 1. The van der Waals surface area contributed by atoms with Gasteiger partial charge in [-0.3, -0.25) is 0 Å². The van der Waals surface area contributed by atoms with Crippen molar-refractivity contribution >= 4 is 29.9 Å². The van der Waals surface area contributed by atoms with Crippen LogP contribution in [0.3, 0.4) is 0 Å². The Morgan fingerprint density at radius 2 is 2.04 bits per heavy atom. The minimum Gasteiger partial charge on any atom is -0.381 e. The molecular weight excluding hydrogens is 439 g/mol. The monoisotopic (exact) mass is 472 g/mol. The highest BCUT2D eigenvalue weighted by Crippen LogP contribution is 2.38. The van der Waals surface area contributed by atoms with Crippen LogP contribution in [0.25, 0.3) is 0 Å². The van der Waals surface area contributed by atoms with E-state index in [4.69, 9.17) is 9.73 Å². The fraction of sp³-hybridized carbons (Fsp3) is 0.650. The van der Waals surface area contributed by atoms with E-state index in [0.717, 1.165) is 51.9 Å². The zero-order chi connectivity index (χ0) is 17.7. The Morgan fingerprint density at radius 3 is 2.69 bits per heavy atom. The molecule has 2 aliphatic heterocycles. The lowest BCUT2D eigenvalue weighted by Gasteiger charge is -2.25. The quantitative estimate of drug-likeness (QED) is 0.407. The molecule has 1 spiro atoms. The maximum Gasteiger partial charge on any atom is 0.194 e. The fourth-order valence-electron chi connectivity index (χ4n) is 3.88. The van der Waals surface area contributed by atoms with Gasteiger partial charge >= 0.3 is 0 Å². The first-order chi connectivity index (χ1) is 12.1. The highest BCUT2D eigenvalue weighted by atomic mass is 127. The van der Waals surface area contributed by atoms with Crippen molar-refractivity contribution in [3.8, 4) is 0 Å². The third-order valence-corrected chi connectivity index (χ3v) is 5.26. The van der Waals surface area contributed by atoms with E-state index < -0.39 is 0 Å². The van der Waals surface area contributed by atoms with E-state index in [1.54, 1.807) is 0 Å². The Bertz CT molecular complexity index is 599. The summed E-state index contributed by atoms with van der Waals surface area (Å²) in [5.74, 6) is 1.05. The van der Waals surface area contributed by atoms with Gasteiger partial charge < -0.3 is 19.9 Å². The first-order valence-electron chi connectivity index (χ1n) is 9.44. The van der Waals surface area contributed by atoms with Crippen LogP contribution >= 0.6 is 24.0 Å². The van der Waals surface area contributed by atoms with Crippen LogP contribution in [-0.2, 0) is 17.8 Å². The van der Waals surface area contributed by atoms with E-state index in [9.17, 15) is 0 Å². The molecule has 0 aliphatic carbocycles. The molecule has 6 heteroatoms. The second-order valence-corrected chi connectivity index (χ2v) is 7.65. The zero-order valence-corrected chi connectivity index (χ0v) is 18.7. The molecular formula is C20H33IN4O. The van der Waals surface area contributed by atoms with Crippen LogP contribution in [0.4, 0.5) is 0 Å². The van der Waals surface area contributed by atoms with E-state index in [1.165, 1.54) is 24.0 Å². The molecule has 3 rings (SSSR count). The summed E-state index contributed by atoms with van der Waals surface area (Å²) < 4.78 is 5.66. The Balaban J connectivity index is 0.00000243. The van der Waals surface area contributed by atoms with Gasteiger partial charge in [-0.15, -0.1) is 24.0 Å².